The normalized spacial score (nSPS) is 18.0. The number of furan rings is 1. The summed E-state index contributed by atoms with van der Waals surface area (Å²) in [5.74, 6) is -0.0501. The molecule has 96 valence electrons. The van der Waals surface area contributed by atoms with Crippen molar-refractivity contribution in [3.05, 3.63) is 24.2 Å². The highest BCUT2D eigenvalue weighted by atomic mass is 16.3. The third-order valence-corrected chi connectivity index (χ3v) is 3.68. The largest absolute Gasteiger partial charge is 0.472 e. The van der Waals surface area contributed by atoms with Gasteiger partial charge in [0.25, 0.3) is 0 Å². The Kier molecular flexibility index (Phi) is 3.71. The highest BCUT2D eigenvalue weighted by Crippen LogP contribution is 2.37. The van der Waals surface area contributed by atoms with Crippen LogP contribution in [0.5, 0.6) is 0 Å². The Morgan fingerprint density at radius 1 is 1.50 bits per heavy atom. The van der Waals surface area contributed by atoms with Crippen molar-refractivity contribution < 1.29 is 9.21 Å². The van der Waals surface area contributed by atoms with Crippen LogP contribution in [0.4, 0.5) is 0 Å². The molecule has 0 saturated heterocycles. The zero-order valence-electron chi connectivity index (χ0n) is 10.7. The summed E-state index contributed by atoms with van der Waals surface area (Å²) in [6.07, 6.45) is 7.67. The molecule has 1 fully saturated rings. The van der Waals surface area contributed by atoms with Crippen LogP contribution in [0.15, 0.2) is 23.0 Å². The van der Waals surface area contributed by atoms with E-state index in [9.17, 15) is 10.1 Å². The summed E-state index contributed by atoms with van der Waals surface area (Å²) in [6, 6.07) is 4.10. The minimum Gasteiger partial charge on any atom is -0.472 e. The molecule has 1 aromatic heterocycles. The zero-order chi connectivity index (χ0) is 13.0. The van der Waals surface area contributed by atoms with E-state index in [2.05, 4.69) is 6.07 Å². The molecule has 0 spiro atoms. The molecule has 1 aromatic rings. The van der Waals surface area contributed by atoms with Crippen LogP contribution in [-0.4, -0.2) is 17.9 Å². The number of amides is 1. The molecule has 18 heavy (non-hydrogen) atoms. The first kappa shape index (κ1) is 12.7. The quantitative estimate of drug-likeness (QED) is 0.824. The molecule has 0 N–H and O–H groups in total. The molecule has 1 aliphatic carbocycles. The summed E-state index contributed by atoms with van der Waals surface area (Å²) in [5.41, 5.74) is 0.159. The van der Waals surface area contributed by atoms with Gasteiger partial charge in [-0.25, -0.2) is 0 Å². The van der Waals surface area contributed by atoms with Gasteiger partial charge in [-0.2, -0.15) is 5.26 Å². The number of nitriles is 1. The second-order valence-corrected chi connectivity index (χ2v) is 5.05. The minimum absolute atomic E-state index is 0.0501. The van der Waals surface area contributed by atoms with Crippen molar-refractivity contribution >= 4 is 5.91 Å². The van der Waals surface area contributed by atoms with Crippen molar-refractivity contribution in [1.29, 1.82) is 5.26 Å². The van der Waals surface area contributed by atoms with Gasteiger partial charge in [-0.3, -0.25) is 4.79 Å². The molecule has 0 aliphatic heterocycles. The second kappa shape index (κ2) is 5.26. The van der Waals surface area contributed by atoms with Gasteiger partial charge in [-0.15, -0.1) is 0 Å². The van der Waals surface area contributed by atoms with Crippen molar-refractivity contribution in [3.8, 4) is 6.07 Å². The number of nitrogens with zero attached hydrogens (tertiary/aromatic N) is 2. The van der Waals surface area contributed by atoms with Gasteiger partial charge in [-0.1, -0.05) is 19.3 Å². The van der Waals surface area contributed by atoms with E-state index in [-0.39, 0.29) is 5.91 Å². The molecule has 4 nitrogen and oxygen atoms in total. The Balaban J connectivity index is 2.07. The van der Waals surface area contributed by atoms with Crippen LogP contribution in [-0.2, 0) is 11.3 Å². The van der Waals surface area contributed by atoms with E-state index in [0.717, 1.165) is 24.8 Å². The lowest BCUT2D eigenvalue weighted by atomic mass is 9.74. The van der Waals surface area contributed by atoms with Crippen LogP contribution in [0, 0.1) is 16.7 Å². The highest BCUT2D eigenvalue weighted by Gasteiger charge is 2.41. The first-order valence-corrected chi connectivity index (χ1v) is 6.36. The van der Waals surface area contributed by atoms with Crippen molar-refractivity contribution in [2.24, 2.45) is 5.41 Å². The van der Waals surface area contributed by atoms with E-state index in [1.165, 1.54) is 0 Å². The zero-order valence-corrected chi connectivity index (χ0v) is 10.7. The summed E-state index contributed by atoms with van der Waals surface area (Å²) in [6.45, 7) is 0.499. The Labute approximate surface area is 107 Å². The van der Waals surface area contributed by atoms with Gasteiger partial charge in [0.1, 0.15) is 5.41 Å². The van der Waals surface area contributed by atoms with Gasteiger partial charge >= 0.3 is 0 Å². The standard InChI is InChI=1S/C14H18N2O2/c1-16(9-12-5-8-18-10-12)13(17)14(11-15)6-3-2-4-7-14/h5,8,10H,2-4,6-7,9H2,1H3. The van der Waals surface area contributed by atoms with Crippen LogP contribution in [0.2, 0.25) is 0 Å². The van der Waals surface area contributed by atoms with Crippen LogP contribution in [0.3, 0.4) is 0 Å². The summed E-state index contributed by atoms with van der Waals surface area (Å²) in [7, 11) is 1.75. The molecule has 0 radical (unpaired) electrons. The fourth-order valence-corrected chi connectivity index (χ4v) is 2.62. The molecular weight excluding hydrogens is 228 g/mol. The van der Waals surface area contributed by atoms with Crippen LogP contribution in [0.25, 0.3) is 0 Å². The molecule has 4 heteroatoms. The molecule has 0 unspecified atom stereocenters. The molecule has 2 rings (SSSR count). The smallest absolute Gasteiger partial charge is 0.243 e. The Hall–Kier alpha value is -1.76. The first-order valence-electron chi connectivity index (χ1n) is 6.36. The number of carbonyl (C=O) groups is 1. The maximum Gasteiger partial charge on any atom is 0.243 e. The SMILES string of the molecule is CN(Cc1ccoc1)C(=O)C1(C#N)CCCCC1. The lowest BCUT2D eigenvalue weighted by molar-refractivity contribution is -0.139. The van der Waals surface area contributed by atoms with Crippen molar-refractivity contribution in [1.82, 2.24) is 4.90 Å². The number of hydrogen-bond acceptors (Lipinski definition) is 3. The molecule has 0 atom stereocenters. The molecule has 1 amide bonds. The van der Waals surface area contributed by atoms with Gasteiger partial charge in [0.2, 0.25) is 5.91 Å². The van der Waals surface area contributed by atoms with Crippen molar-refractivity contribution in [2.45, 2.75) is 38.6 Å². The van der Waals surface area contributed by atoms with E-state index in [1.807, 2.05) is 6.07 Å². The number of rotatable bonds is 3. The van der Waals surface area contributed by atoms with E-state index in [1.54, 1.807) is 24.5 Å². The molecule has 1 aliphatic rings. The van der Waals surface area contributed by atoms with E-state index in [0.29, 0.717) is 19.4 Å². The number of carbonyl (C=O) groups excluding carboxylic acids is 1. The Morgan fingerprint density at radius 2 is 2.22 bits per heavy atom. The molecule has 0 aromatic carbocycles. The molecule has 0 bridgehead atoms. The van der Waals surface area contributed by atoms with Gasteiger partial charge in [0.15, 0.2) is 0 Å². The third kappa shape index (κ3) is 2.40. The predicted octanol–water partition coefficient (Wildman–Crippen LogP) is 2.71. The van der Waals surface area contributed by atoms with Gasteiger partial charge < -0.3 is 9.32 Å². The summed E-state index contributed by atoms with van der Waals surface area (Å²) in [5, 5.41) is 9.37. The lowest BCUT2D eigenvalue weighted by Gasteiger charge is -2.32. The molecular formula is C14H18N2O2. The van der Waals surface area contributed by atoms with Gasteiger partial charge in [-0.05, 0) is 18.9 Å². The molecule has 1 saturated carbocycles. The third-order valence-electron chi connectivity index (χ3n) is 3.68. The summed E-state index contributed by atoms with van der Waals surface area (Å²) >= 11 is 0. The van der Waals surface area contributed by atoms with Crippen molar-refractivity contribution in [3.63, 3.8) is 0 Å². The van der Waals surface area contributed by atoms with Crippen molar-refractivity contribution in [2.75, 3.05) is 7.05 Å². The Morgan fingerprint density at radius 3 is 2.78 bits per heavy atom. The average molecular weight is 246 g/mol. The van der Waals surface area contributed by atoms with Crippen LogP contribution < -0.4 is 0 Å². The molecule has 1 heterocycles. The fourth-order valence-electron chi connectivity index (χ4n) is 2.62. The van der Waals surface area contributed by atoms with Gasteiger partial charge in [0.05, 0.1) is 18.6 Å². The second-order valence-electron chi connectivity index (χ2n) is 5.05. The Bertz CT molecular complexity index is 439. The first-order chi connectivity index (χ1) is 8.68. The minimum atomic E-state index is -0.795. The highest BCUT2D eigenvalue weighted by molar-refractivity contribution is 5.85. The fraction of sp³-hybridized carbons (Fsp3) is 0.571. The van der Waals surface area contributed by atoms with E-state index >= 15 is 0 Å². The van der Waals surface area contributed by atoms with E-state index in [4.69, 9.17) is 4.42 Å². The topological polar surface area (TPSA) is 57.2 Å². The van der Waals surface area contributed by atoms with Crippen LogP contribution >= 0.6 is 0 Å². The predicted molar refractivity (Wildman–Crippen MR) is 66.3 cm³/mol. The maximum absolute atomic E-state index is 12.5. The monoisotopic (exact) mass is 246 g/mol. The van der Waals surface area contributed by atoms with E-state index < -0.39 is 5.41 Å². The van der Waals surface area contributed by atoms with Gasteiger partial charge in [0, 0.05) is 19.2 Å². The lowest BCUT2D eigenvalue weighted by Crippen LogP contribution is -2.42. The number of hydrogen-bond donors (Lipinski definition) is 0. The summed E-state index contributed by atoms with van der Waals surface area (Å²) in [4.78, 5) is 14.1. The average Bonchev–Trinajstić information content (AvgIpc) is 2.91. The van der Waals surface area contributed by atoms with Crippen LogP contribution in [0.1, 0.15) is 37.7 Å². The summed E-state index contributed by atoms with van der Waals surface area (Å²) < 4.78 is 4.99. The maximum atomic E-state index is 12.5.